The number of ketones is 2. The van der Waals surface area contributed by atoms with E-state index in [0.29, 0.717) is 24.7 Å². The molecule has 6 rings (SSSR count). The molecule has 1 heterocycles. The first-order valence-corrected chi connectivity index (χ1v) is 15.1. The average molecular weight is 591 g/mol. The van der Waals surface area contributed by atoms with Crippen molar-refractivity contribution in [3.05, 3.63) is 125 Å². The smallest absolute Gasteiger partial charge is 0.201 e. The van der Waals surface area contributed by atoms with Crippen LogP contribution in [0, 0.1) is 12.8 Å². The molecule has 6 heteroatoms. The van der Waals surface area contributed by atoms with Crippen molar-refractivity contribution < 1.29 is 28.6 Å². The molecule has 0 atom stereocenters. The minimum Gasteiger partial charge on any atom is -0.507 e. The molecule has 5 aromatic rings. The van der Waals surface area contributed by atoms with Crippen LogP contribution in [-0.2, 0) is 13.2 Å². The second-order valence-electron chi connectivity index (χ2n) is 11.2. The van der Waals surface area contributed by atoms with E-state index in [2.05, 4.69) is 0 Å². The Morgan fingerprint density at radius 3 is 1.93 bits per heavy atom. The minimum atomic E-state index is -0.183. The van der Waals surface area contributed by atoms with E-state index in [1.165, 1.54) is 19.4 Å². The van der Waals surface area contributed by atoms with Crippen LogP contribution in [0.25, 0.3) is 11.0 Å². The summed E-state index contributed by atoms with van der Waals surface area (Å²) in [5.74, 6) is 1.99. The highest BCUT2D eigenvalue weighted by Crippen LogP contribution is 2.34. The van der Waals surface area contributed by atoms with Crippen molar-refractivity contribution in [2.24, 2.45) is 5.92 Å². The summed E-state index contributed by atoms with van der Waals surface area (Å²) in [4.78, 5) is 24.1. The summed E-state index contributed by atoms with van der Waals surface area (Å²) in [5, 5.41) is 10.5. The largest absolute Gasteiger partial charge is 0.507 e. The summed E-state index contributed by atoms with van der Waals surface area (Å²) >= 11 is 0. The highest BCUT2D eigenvalue weighted by Gasteiger charge is 2.27. The molecule has 1 saturated carbocycles. The average Bonchev–Trinajstić information content (AvgIpc) is 3.40. The number of phenols is 1. The van der Waals surface area contributed by atoms with Gasteiger partial charge in [-0.25, -0.2) is 0 Å². The lowest BCUT2D eigenvalue weighted by molar-refractivity contribution is 0.0861. The van der Waals surface area contributed by atoms with Crippen LogP contribution in [0.2, 0.25) is 0 Å². The van der Waals surface area contributed by atoms with Crippen LogP contribution >= 0.6 is 0 Å². The van der Waals surface area contributed by atoms with Crippen molar-refractivity contribution in [2.75, 3.05) is 0 Å². The Morgan fingerprint density at radius 2 is 1.34 bits per heavy atom. The van der Waals surface area contributed by atoms with Gasteiger partial charge in [0.15, 0.2) is 11.5 Å². The van der Waals surface area contributed by atoms with Crippen molar-refractivity contribution in [1.29, 1.82) is 0 Å². The van der Waals surface area contributed by atoms with Crippen molar-refractivity contribution in [3.8, 4) is 17.2 Å². The predicted molar refractivity (Wildman–Crippen MR) is 172 cm³/mol. The quantitative estimate of drug-likeness (QED) is 0.172. The topological polar surface area (TPSA) is 86.0 Å². The number of aromatic hydroxyl groups is 1. The molecule has 0 saturated heterocycles. The van der Waals surface area contributed by atoms with Gasteiger partial charge in [-0.3, -0.25) is 9.59 Å². The number of rotatable bonds is 9. The molecule has 4 aromatic carbocycles. The van der Waals surface area contributed by atoms with Crippen molar-refractivity contribution >= 4 is 22.5 Å². The molecular formula is C38H38O6. The van der Waals surface area contributed by atoms with Crippen molar-refractivity contribution in [2.45, 2.75) is 59.2 Å². The molecule has 1 aromatic heterocycles. The summed E-state index contributed by atoms with van der Waals surface area (Å²) in [7, 11) is 0. The van der Waals surface area contributed by atoms with Crippen LogP contribution in [0.15, 0.2) is 101 Å². The van der Waals surface area contributed by atoms with Crippen molar-refractivity contribution in [1.82, 2.24) is 0 Å². The summed E-state index contributed by atoms with van der Waals surface area (Å²) in [6, 6.07) is 30.3. The molecule has 0 bridgehead atoms. The normalized spacial score (nSPS) is 13.1. The molecule has 0 amide bonds. The maximum atomic E-state index is 12.9. The number of furan rings is 1. The van der Waals surface area contributed by atoms with E-state index in [-0.39, 0.29) is 28.8 Å². The molecule has 0 aliphatic heterocycles. The third-order valence-electron chi connectivity index (χ3n) is 7.95. The zero-order valence-electron chi connectivity index (χ0n) is 25.3. The number of fused-ring (bicyclic) bond motifs is 1. The maximum absolute atomic E-state index is 12.9. The zero-order valence-corrected chi connectivity index (χ0v) is 25.3. The van der Waals surface area contributed by atoms with Gasteiger partial charge in [-0.1, -0.05) is 79.9 Å². The van der Waals surface area contributed by atoms with Gasteiger partial charge in [0, 0.05) is 16.9 Å². The summed E-state index contributed by atoms with van der Waals surface area (Å²) in [6.07, 6.45) is 5.51. The Balaban J connectivity index is 0.000000187. The number of ether oxygens (including phenoxy) is 2. The van der Waals surface area contributed by atoms with Gasteiger partial charge >= 0.3 is 0 Å². The second-order valence-corrected chi connectivity index (χ2v) is 11.2. The standard InChI is InChI=1S/C23H24O3.C15H14O3/c1-16-20-14-19(25-15-17-8-4-2-5-9-17)12-13-21(20)26-23(16)22(24)18-10-6-3-7-11-18;1-11(16)14-9-13(7-8-15(14)17)18-10-12-5-3-2-4-6-12/h2,4-5,8-9,12-14,18H,3,6-7,10-11,15H2,1H3;2-9,17H,10H2,1H3. The number of carbonyl (C=O) groups is 2. The molecule has 1 fully saturated rings. The van der Waals surface area contributed by atoms with Crippen LogP contribution in [0.4, 0.5) is 0 Å². The summed E-state index contributed by atoms with van der Waals surface area (Å²) in [6.45, 7) is 4.35. The Kier molecular flexibility index (Phi) is 10.1. The molecule has 1 aliphatic rings. The first-order valence-electron chi connectivity index (χ1n) is 15.1. The van der Waals surface area contributed by atoms with Crippen LogP contribution in [-0.4, -0.2) is 16.7 Å². The Hall–Kier alpha value is -4.84. The fraction of sp³-hybridized carbons (Fsp3) is 0.263. The van der Waals surface area contributed by atoms with Gasteiger partial charge in [-0.2, -0.15) is 0 Å². The number of phenolic OH excluding ortho intramolecular Hbond substituents is 1. The predicted octanol–water partition coefficient (Wildman–Crippen LogP) is 9.26. The molecular weight excluding hydrogens is 552 g/mol. The first kappa shape index (κ1) is 30.6. The first-order chi connectivity index (χ1) is 21.4. The summed E-state index contributed by atoms with van der Waals surface area (Å²) in [5.41, 5.74) is 4.15. The number of hydrogen-bond donors (Lipinski definition) is 1. The van der Waals surface area contributed by atoms with Gasteiger partial charge in [0.2, 0.25) is 5.78 Å². The lowest BCUT2D eigenvalue weighted by atomic mass is 9.85. The van der Waals surface area contributed by atoms with E-state index in [1.807, 2.05) is 85.8 Å². The van der Waals surface area contributed by atoms with Gasteiger partial charge in [0.25, 0.3) is 0 Å². The highest BCUT2D eigenvalue weighted by molar-refractivity contribution is 6.01. The number of Topliss-reactive ketones (excluding diaryl/α,β-unsaturated/α-hetero) is 2. The monoisotopic (exact) mass is 590 g/mol. The van der Waals surface area contributed by atoms with Gasteiger partial charge in [0.1, 0.15) is 36.0 Å². The van der Waals surface area contributed by atoms with E-state index in [9.17, 15) is 14.7 Å². The van der Waals surface area contributed by atoms with E-state index in [0.717, 1.165) is 59.1 Å². The zero-order chi connectivity index (χ0) is 30.9. The molecule has 1 N–H and O–H groups in total. The number of aryl methyl sites for hydroxylation is 1. The molecule has 0 radical (unpaired) electrons. The third kappa shape index (κ3) is 7.75. The van der Waals surface area contributed by atoms with Crippen LogP contribution in [0.3, 0.4) is 0 Å². The molecule has 44 heavy (non-hydrogen) atoms. The van der Waals surface area contributed by atoms with E-state index in [1.54, 1.807) is 12.1 Å². The van der Waals surface area contributed by atoms with Gasteiger partial charge in [0.05, 0.1) is 5.56 Å². The fourth-order valence-corrected chi connectivity index (χ4v) is 5.44. The highest BCUT2D eigenvalue weighted by atomic mass is 16.5. The Labute approximate surface area is 258 Å². The minimum absolute atomic E-state index is 0.0189. The van der Waals surface area contributed by atoms with E-state index in [4.69, 9.17) is 13.9 Å². The molecule has 1 aliphatic carbocycles. The molecule has 0 unspecified atom stereocenters. The van der Waals surface area contributed by atoms with E-state index < -0.39 is 0 Å². The second kappa shape index (κ2) is 14.6. The molecule has 0 spiro atoms. The third-order valence-corrected chi connectivity index (χ3v) is 7.95. The Morgan fingerprint density at radius 1 is 0.773 bits per heavy atom. The van der Waals surface area contributed by atoms with E-state index >= 15 is 0 Å². The lowest BCUT2D eigenvalue weighted by Gasteiger charge is -2.19. The number of hydrogen-bond acceptors (Lipinski definition) is 6. The van der Waals surface area contributed by atoms with Gasteiger partial charge in [-0.15, -0.1) is 0 Å². The lowest BCUT2D eigenvalue weighted by Crippen LogP contribution is -2.17. The van der Waals surface area contributed by atoms with Gasteiger partial charge < -0.3 is 19.0 Å². The van der Waals surface area contributed by atoms with Gasteiger partial charge in [-0.05, 0) is 74.2 Å². The number of benzene rings is 4. The fourth-order valence-electron chi connectivity index (χ4n) is 5.44. The Bertz CT molecular complexity index is 1700. The van der Waals surface area contributed by atoms with Crippen LogP contribution < -0.4 is 9.47 Å². The molecule has 6 nitrogen and oxygen atoms in total. The van der Waals surface area contributed by atoms with Crippen LogP contribution in [0.5, 0.6) is 17.2 Å². The maximum Gasteiger partial charge on any atom is 0.201 e. The van der Waals surface area contributed by atoms with Crippen molar-refractivity contribution in [3.63, 3.8) is 0 Å². The number of carbonyl (C=O) groups excluding carboxylic acids is 2. The summed E-state index contributed by atoms with van der Waals surface area (Å²) < 4.78 is 17.4. The SMILES string of the molecule is CC(=O)c1cc(OCc2ccccc2)ccc1O.Cc1c(C(=O)C2CCCCC2)oc2ccc(OCc3ccccc3)cc12. The van der Waals surface area contributed by atoms with Crippen LogP contribution in [0.1, 0.15) is 76.6 Å². The molecule has 226 valence electrons.